The van der Waals surface area contributed by atoms with Crippen LogP contribution in [-0.4, -0.2) is 5.10 Å². The minimum atomic E-state index is 1.15. The van der Waals surface area contributed by atoms with E-state index < -0.39 is 0 Å². The van der Waals surface area contributed by atoms with Crippen molar-refractivity contribution in [3.05, 3.63) is 47.7 Å². The van der Waals surface area contributed by atoms with Crippen LogP contribution in [0.3, 0.4) is 0 Å². The first kappa shape index (κ1) is 9.84. The van der Waals surface area contributed by atoms with E-state index in [4.69, 9.17) is 0 Å². The van der Waals surface area contributed by atoms with Gasteiger partial charge in [0.05, 0.1) is 11.8 Å². The quantitative estimate of drug-likeness (QED) is 0.643. The molecule has 2 aromatic rings. The average molecular weight is 199 g/mol. The van der Waals surface area contributed by atoms with Gasteiger partial charge in [0.15, 0.2) is 7.05 Å². The van der Waals surface area contributed by atoms with E-state index in [-0.39, 0.29) is 0 Å². The maximum absolute atomic E-state index is 4.24. The Labute approximate surface area is 90.2 Å². The molecule has 76 valence electrons. The summed E-state index contributed by atoms with van der Waals surface area (Å²) in [5.41, 5.74) is 4.98. The molecule has 15 heavy (non-hydrogen) atoms. The maximum Gasteiger partial charge on any atom is 0.239 e. The van der Waals surface area contributed by atoms with Crippen molar-refractivity contribution in [2.24, 2.45) is 7.05 Å². The molecule has 0 saturated carbocycles. The molecule has 2 nitrogen and oxygen atoms in total. The number of rotatable bonds is 1. The largest absolute Gasteiger partial charge is 0.239 e. The standard InChI is InChI=1S/C13H15N2/c1-10-6-7-12(11(2)9-10)13-5-4-8-14-15(13)3/h4-9H,1-3H3/q+1. The van der Waals surface area contributed by atoms with E-state index in [0.29, 0.717) is 0 Å². The molecule has 1 aromatic carbocycles. The minimum Gasteiger partial charge on any atom is -0.0865 e. The Morgan fingerprint density at radius 1 is 1.13 bits per heavy atom. The highest BCUT2D eigenvalue weighted by Gasteiger charge is 2.11. The van der Waals surface area contributed by atoms with Crippen molar-refractivity contribution in [2.75, 3.05) is 0 Å². The van der Waals surface area contributed by atoms with Gasteiger partial charge in [-0.05, 0) is 36.6 Å². The van der Waals surface area contributed by atoms with Crippen molar-refractivity contribution in [3.8, 4) is 11.3 Å². The molecule has 2 rings (SSSR count). The third kappa shape index (κ3) is 1.89. The monoisotopic (exact) mass is 199 g/mol. The van der Waals surface area contributed by atoms with E-state index in [9.17, 15) is 0 Å². The summed E-state index contributed by atoms with van der Waals surface area (Å²) < 4.78 is 1.90. The first-order valence-corrected chi connectivity index (χ1v) is 5.07. The second-order valence-electron chi connectivity index (χ2n) is 3.85. The number of aryl methyl sites for hydroxylation is 3. The average Bonchev–Trinajstić information content (AvgIpc) is 2.20. The van der Waals surface area contributed by atoms with Crippen molar-refractivity contribution in [2.45, 2.75) is 13.8 Å². The van der Waals surface area contributed by atoms with Crippen molar-refractivity contribution in [1.82, 2.24) is 5.10 Å². The zero-order valence-corrected chi connectivity index (χ0v) is 9.36. The Morgan fingerprint density at radius 2 is 1.93 bits per heavy atom. The molecule has 2 heteroatoms. The van der Waals surface area contributed by atoms with Crippen LogP contribution in [-0.2, 0) is 7.05 Å². The van der Waals surface area contributed by atoms with E-state index in [0.717, 1.165) is 5.69 Å². The highest BCUT2D eigenvalue weighted by Crippen LogP contribution is 2.20. The zero-order chi connectivity index (χ0) is 10.8. The lowest BCUT2D eigenvalue weighted by Crippen LogP contribution is -2.35. The molecule has 0 unspecified atom stereocenters. The lowest BCUT2D eigenvalue weighted by Gasteiger charge is -2.03. The summed E-state index contributed by atoms with van der Waals surface area (Å²) in [5, 5.41) is 4.24. The summed E-state index contributed by atoms with van der Waals surface area (Å²) in [6.45, 7) is 4.25. The van der Waals surface area contributed by atoms with Crippen LogP contribution in [0.25, 0.3) is 11.3 Å². The molecule has 0 N–H and O–H groups in total. The van der Waals surface area contributed by atoms with Crippen LogP contribution in [0, 0.1) is 13.8 Å². The molecule has 0 fully saturated rings. The van der Waals surface area contributed by atoms with Crippen LogP contribution in [0.15, 0.2) is 36.5 Å². The summed E-state index contributed by atoms with van der Waals surface area (Å²) in [4.78, 5) is 0. The van der Waals surface area contributed by atoms with Gasteiger partial charge in [-0.3, -0.25) is 0 Å². The number of aromatic nitrogens is 2. The van der Waals surface area contributed by atoms with E-state index in [1.54, 1.807) is 6.20 Å². The van der Waals surface area contributed by atoms with Gasteiger partial charge in [-0.25, -0.2) is 0 Å². The molecule has 0 amide bonds. The van der Waals surface area contributed by atoms with Gasteiger partial charge in [0, 0.05) is 6.07 Å². The van der Waals surface area contributed by atoms with Gasteiger partial charge in [-0.15, -0.1) is 0 Å². The molecule has 0 aliphatic carbocycles. The highest BCUT2D eigenvalue weighted by molar-refractivity contribution is 5.61. The predicted octanol–water partition coefficient (Wildman–Crippen LogP) is 2.19. The number of hydrogen-bond donors (Lipinski definition) is 0. The maximum atomic E-state index is 4.24. The van der Waals surface area contributed by atoms with E-state index >= 15 is 0 Å². The Balaban J connectivity index is 2.60. The molecule has 0 spiro atoms. The van der Waals surface area contributed by atoms with Gasteiger partial charge >= 0.3 is 0 Å². The fourth-order valence-electron chi connectivity index (χ4n) is 1.81. The van der Waals surface area contributed by atoms with Crippen molar-refractivity contribution < 1.29 is 4.68 Å². The molecule has 0 atom stereocenters. The van der Waals surface area contributed by atoms with Gasteiger partial charge < -0.3 is 0 Å². The lowest BCUT2D eigenvalue weighted by atomic mass is 10.0. The SMILES string of the molecule is Cc1ccc(-c2cccn[n+]2C)c(C)c1. The van der Waals surface area contributed by atoms with E-state index in [1.165, 1.54) is 16.7 Å². The predicted molar refractivity (Wildman–Crippen MR) is 60.3 cm³/mol. The molecular weight excluding hydrogens is 184 g/mol. The first-order chi connectivity index (χ1) is 7.18. The lowest BCUT2D eigenvalue weighted by molar-refractivity contribution is -0.720. The molecular formula is C13H15N2+. The molecule has 0 aliphatic heterocycles. The smallest absolute Gasteiger partial charge is 0.0865 e. The number of nitrogens with zero attached hydrogens (tertiary/aromatic N) is 2. The van der Waals surface area contributed by atoms with Crippen LogP contribution < -0.4 is 4.68 Å². The van der Waals surface area contributed by atoms with Crippen molar-refractivity contribution in [1.29, 1.82) is 0 Å². The van der Waals surface area contributed by atoms with E-state index in [1.807, 2.05) is 17.8 Å². The normalized spacial score (nSPS) is 10.3. The van der Waals surface area contributed by atoms with Crippen LogP contribution >= 0.6 is 0 Å². The minimum absolute atomic E-state index is 1.15. The Bertz CT molecular complexity index is 490. The second kappa shape index (κ2) is 3.81. The van der Waals surface area contributed by atoms with Crippen LogP contribution in [0.5, 0.6) is 0 Å². The van der Waals surface area contributed by atoms with Gasteiger partial charge in [0.25, 0.3) is 0 Å². The Hall–Kier alpha value is -1.70. The summed E-state index contributed by atoms with van der Waals surface area (Å²) in [6.07, 6.45) is 1.80. The summed E-state index contributed by atoms with van der Waals surface area (Å²) in [7, 11) is 1.97. The van der Waals surface area contributed by atoms with Crippen LogP contribution in [0.4, 0.5) is 0 Å². The Morgan fingerprint density at radius 3 is 2.60 bits per heavy atom. The van der Waals surface area contributed by atoms with Gasteiger partial charge in [-0.1, -0.05) is 22.4 Å². The van der Waals surface area contributed by atoms with Gasteiger partial charge in [0.2, 0.25) is 5.69 Å². The molecule has 0 radical (unpaired) electrons. The summed E-state index contributed by atoms with van der Waals surface area (Å²) in [6, 6.07) is 10.5. The molecule has 1 aromatic heterocycles. The third-order valence-electron chi connectivity index (χ3n) is 2.59. The summed E-state index contributed by atoms with van der Waals surface area (Å²) >= 11 is 0. The van der Waals surface area contributed by atoms with Crippen molar-refractivity contribution >= 4 is 0 Å². The second-order valence-corrected chi connectivity index (χ2v) is 3.85. The number of hydrogen-bond acceptors (Lipinski definition) is 1. The van der Waals surface area contributed by atoms with Gasteiger partial charge in [0.1, 0.15) is 0 Å². The topological polar surface area (TPSA) is 16.8 Å². The highest BCUT2D eigenvalue weighted by atomic mass is 15.2. The number of benzene rings is 1. The fraction of sp³-hybridized carbons (Fsp3) is 0.231. The van der Waals surface area contributed by atoms with E-state index in [2.05, 4.69) is 43.2 Å². The molecule has 0 saturated heterocycles. The van der Waals surface area contributed by atoms with Crippen molar-refractivity contribution in [3.63, 3.8) is 0 Å². The Kier molecular flexibility index (Phi) is 2.50. The first-order valence-electron chi connectivity index (χ1n) is 5.07. The fourth-order valence-corrected chi connectivity index (χ4v) is 1.81. The van der Waals surface area contributed by atoms with Crippen LogP contribution in [0.2, 0.25) is 0 Å². The van der Waals surface area contributed by atoms with Crippen LogP contribution in [0.1, 0.15) is 11.1 Å². The molecule has 1 heterocycles. The van der Waals surface area contributed by atoms with Gasteiger partial charge in [-0.2, -0.15) is 0 Å². The summed E-state index contributed by atoms with van der Waals surface area (Å²) in [5.74, 6) is 0. The third-order valence-corrected chi connectivity index (χ3v) is 2.59. The molecule has 0 aliphatic rings. The molecule has 0 bridgehead atoms. The zero-order valence-electron chi connectivity index (χ0n) is 9.36.